The molecular formula is C21H25FN2O2. The fourth-order valence-corrected chi connectivity index (χ4v) is 3.20. The summed E-state index contributed by atoms with van der Waals surface area (Å²) in [5.74, 6) is 0.0497. The molecule has 0 aliphatic carbocycles. The van der Waals surface area contributed by atoms with Crippen LogP contribution in [0.25, 0.3) is 11.1 Å². The summed E-state index contributed by atoms with van der Waals surface area (Å²) in [7, 11) is 0. The first-order valence-electron chi connectivity index (χ1n) is 9.02. The van der Waals surface area contributed by atoms with Crippen molar-refractivity contribution in [3.05, 3.63) is 54.1 Å². The van der Waals surface area contributed by atoms with Crippen LogP contribution in [0.1, 0.15) is 45.2 Å². The fraction of sp³-hybridized carbons (Fsp3) is 0.429. The lowest BCUT2D eigenvalue weighted by Crippen LogP contribution is -2.41. The van der Waals surface area contributed by atoms with Crippen molar-refractivity contribution in [3.63, 3.8) is 0 Å². The second-order valence-electron chi connectivity index (χ2n) is 7.72. The first-order valence-corrected chi connectivity index (χ1v) is 9.02. The van der Waals surface area contributed by atoms with Crippen LogP contribution < -0.4 is 0 Å². The molecule has 138 valence electrons. The summed E-state index contributed by atoms with van der Waals surface area (Å²) in [5.41, 5.74) is 2.33. The van der Waals surface area contributed by atoms with Gasteiger partial charge in [0.2, 0.25) is 0 Å². The van der Waals surface area contributed by atoms with Crippen molar-refractivity contribution in [1.29, 1.82) is 0 Å². The van der Waals surface area contributed by atoms with Crippen LogP contribution in [0, 0.1) is 5.82 Å². The number of benzene rings is 1. The maximum Gasteiger partial charge on any atom is 0.410 e. The lowest BCUT2D eigenvalue weighted by atomic mass is 9.91. The molecule has 0 bridgehead atoms. The van der Waals surface area contributed by atoms with Gasteiger partial charge in [0.05, 0.1) is 0 Å². The highest BCUT2D eigenvalue weighted by atomic mass is 19.1. The van der Waals surface area contributed by atoms with E-state index in [0.717, 1.165) is 29.7 Å². The van der Waals surface area contributed by atoms with Crippen LogP contribution in [0.15, 0.2) is 42.6 Å². The largest absolute Gasteiger partial charge is 0.444 e. The SMILES string of the molecule is CC(C)(C)OC(=O)N1CCC(c2cc(-c3cccc(F)c3)ccn2)CC1. The smallest absolute Gasteiger partial charge is 0.410 e. The van der Waals surface area contributed by atoms with Gasteiger partial charge in [-0.2, -0.15) is 0 Å². The normalized spacial score (nSPS) is 15.8. The molecule has 0 saturated carbocycles. The Balaban J connectivity index is 1.67. The Morgan fingerprint density at radius 1 is 1.15 bits per heavy atom. The van der Waals surface area contributed by atoms with Crippen molar-refractivity contribution in [2.45, 2.75) is 45.1 Å². The average Bonchev–Trinajstić information content (AvgIpc) is 2.60. The van der Waals surface area contributed by atoms with Crippen molar-refractivity contribution in [2.24, 2.45) is 0 Å². The molecule has 1 aromatic heterocycles. The molecule has 0 radical (unpaired) electrons. The molecule has 4 nitrogen and oxygen atoms in total. The van der Waals surface area contributed by atoms with E-state index in [0.29, 0.717) is 19.0 Å². The third kappa shape index (κ3) is 4.59. The number of likely N-dealkylation sites (tertiary alicyclic amines) is 1. The average molecular weight is 356 g/mol. The summed E-state index contributed by atoms with van der Waals surface area (Å²) in [4.78, 5) is 18.5. The van der Waals surface area contributed by atoms with Crippen LogP contribution in [-0.4, -0.2) is 34.7 Å². The molecule has 0 atom stereocenters. The van der Waals surface area contributed by atoms with E-state index in [-0.39, 0.29) is 11.9 Å². The Bertz CT molecular complexity index is 778. The number of carbonyl (C=O) groups excluding carboxylic acids is 1. The monoisotopic (exact) mass is 356 g/mol. The Morgan fingerprint density at radius 2 is 1.85 bits per heavy atom. The van der Waals surface area contributed by atoms with Gasteiger partial charge < -0.3 is 9.64 Å². The maximum absolute atomic E-state index is 13.5. The Kier molecular flexibility index (Phi) is 5.25. The number of piperidine rings is 1. The van der Waals surface area contributed by atoms with Crippen molar-refractivity contribution in [1.82, 2.24) is 9.88 Å². The maximum atomic E-state index is 13.5. The van der Waals surface area contributed by atoms with E-state index in [1.54, 1.807) is 17.2 Å². The molecule has 2 aromatic rings. The van der Waals surface area contributed by atoms with E-state index in [9.17, 15) is 9.18 Å². The summed E-state index contributed by atoms with van der Waals surface area (Å²) in [6.45, 7) is 6.94. The van der Waals surface area contributed by atoms with Gasteiger partial charge in [-0.1, -0.05) is 12.1 Å². The van der Waals surface area contributed by atoms with Crippen LogP contribution in [0.2, 0.25) is 0 Å². The van der Waals surface area contributed by atoms with Crippen molar-refractivity contribution < 1.29 is 13.9 Å². The Hall–Kier alpha value is -2.43. The lowest BCUT2D eigenvalue weighted by molar-refractivity contribution is 0.0204. The molecule has 0 unspecified atom stereocenters. The molecular weight excluding hydrogens is 331 g/mol. The van der Waals surface area contributed by atoms with Gasteiger partial charge in [-0.05, 0) is 69.0 Å². The zero-order valence-electron chi connectivity index (χ0n) is 15.5. The number of nitrogens with zero attached hydrogens (tertiary/aromatic N) is 2. The number of hydrogen-bond donors (Lipinski definition) is 0. The number of halogens is 1. The summed E-state index contributed by atoms with van der Waals surface area (Å²) >= 11 is 0. The topological polar surface area (TPSA) is 42.4 Å². The molecule has 1 aromatic carbocycles. The van der Waals surface area contributed by atoms with Crippen LogP contribution in [0.3, 0.4) is 0 Å². The summed E-state index contributed by atoms with van der Waals surface area (Å²) in [5, 5.41) is 0. The zero-order valence-corrected chi connectivity index (χ0v) is 15.5. The van der Waals surface area contributed by atoms with Crippen LogP contribution in [0.5, 0.6) is 0 Å². The molecule has 1 saturated heterocycles. The van der Waals surface area contributed by atoms with Crippen LogP contribution in [-0.2, 0) is 4.74 Å². The summed E-state index contributed by atoms with van der Waals surface area (Å²) in [6.07, 6.45) is 3.21. The van der Waals surface area contributed by atoms with Gasteiger partial charge in [0.25, 0.3) is 0 Å². The molecule has 26 heavy (non-hydrogen) atoms. The van der Waals surface area contributed by atoms with E-state index in [4.69, 9.17) is 4.74 Å². The first kappa shape index (κ1) is 18.4. The number of ether oxygens (including phenoxy) is 1. The van der Waals surface area contributed by atoms with Gasteiger partial charge in [-0.15, -0.1) is 0 Å². The predicted octanol–water partition coefficient (Wildman–Crippen LogP) is 5.00. The minimum Gasteiger partial charge on any atom is -0.444 e. The molecule has 2 heterocycles. The van der Waals surface area contributed by atoms with E-state index in [1.165, 1.54) is 12.1 Å². The molecule has 1 aliphatic heterocycles. The van der Waals surface area contributed by atoms with Crippen molar-refractivity contribution in [3.8, 4) is 11.1 Å². The first-order chi connectivity index (χ1) is 12.3. The van der Waals surface area contributed by atoms with Crippen molar-refractivity contribution in [2.75, 3.05) is 13.1 Å². The number of aromatic nitrogens is 1. The lowest BCUT2D eigenvalue weighted by Gasteiger charge is -2.33. The van der Waals surface area contributed by atoms with E-state index < -0.39 is 5.60 Å². The third-order valence-electron chi connectivity index (χ3n) is 4.50. The highest BCUT2D eigenvalue weighted by Crippen LogP contribution is 2.30. The van der Waals surface area contributed by atoms with E-state index in [1.807, 2.05) is 39.0 Å². The fourth-order valence-electron chi connectivity index (χ4n) is 3.20. The molecule has 1 amide bonds. The Labute approximate surface area is 154 Å². The van der Waals surface area contributed by atoms with Gasteiger partial charge in [0, 0.05) is 30.9 Å². The number of pyridine rings is 1. The van der Waals surface area contributed by atoms with Gasteiger partial charge in [0.15, 0.2) is 0 Å². The number of carbonyl (C=O) groups is 1. The summed E-state index contributed by atoms with van der Waals surface area (Å²) in [6, 6.07) is 10.5. The standard InChI is InChI=1S/C21H25FN2O2/c1-21(2,3)26-20(25)24-11-8-15(9-12-24)19-14-17(7-10-23-19)16-5-4-6-18(22)13-16/h4-7,10,13-15H,8-9,11-12H2,1-3H3. The number of amides is 1. The third-order valence-corrected chi connectivity index (χ3v) is 4.50. The highest BCUT2D eigenvalue weighted by molar-refractivity contribution is 5.68. The quantitative estimate of drug-likeness (QED) is 0.760. The molecule has 3 rings (SSSR count). The van der Waals surface area contributed by atoms with Crippen molar-refractivity contribution >= 4 is 6.09 Å². The predicted molar refractivity (Wildman–Crippen MR) is 99.4 cm³/mol. The van der Waals surface area contributed by atoms with E-state index >= 15 is 0 Å². The number of rotatable bonds is 2. The molecule has 0 spiro atoms. The summed E-state index contributed by atoms with van der Waals surface area (Å²) < 4.78 is 18.9. The highest BCUT2D eigenvalue weighted by Gasteiger charge is 2.28. The van der Waals surface area contributed by atoms with Gasteiger partial charge in [-0.3, -0.25) is 4.98 Å². The molecule has 1 aliphatic rings. The van der Waals surface area contributed by atoms with E-state index in [2.05, 4.69) is 4.98 Å². The van der Waals surface area contributed by atoms with Gasteiger partial charge >= 0.3 is 6.09 Å². The minimum absolute atomic E-state index is 0.244. The second-order valence-corrected chi connectivity index (χ2v) is 7.72. The van der Waals surface area contributed by atoms with Gasteiger partial charge in [0.1, 0.15) is 11.4 Å². The Morgan fingerprint density at radius 3 is 2.50 bits per heavy atom. The molecule has 1 fully saturated rings. The molecule has 5 heteroatoms. The molecule has 0 N–H and O–H groups in total. The second kappa shape index (κ2) is 7.44. The zero-order chi connectivity index (χ0) is 18.7. The van der Waals surface area contributed by atoms with Crippen LogP contribution in [0.4, 0.5) is 9.18 Å². The van der Waals surface area contributed by atoms with Gasteiger partial charge in [-0.25, -0.2) is 9.18 Å². The number of hydrogen-bond acceptors (Lipinski definition) is 3. The minimum atomic E-state index is -0.477. The van der Waals surface area contributed by atoms with Crippen LogP contribution >= 0.6 is 0 Å².